The van der Waals surface area contributed by atoms with Gasteiger partial charge in [0.2, 0.25) is 0 Å². The number of nitrogens with two attached hydrogens (primary N) is 1. The number of aliphatic hydroxyl groups excluding tert-OH is 1. The van der Waals surface area contributed by atoms with Gasteiger partial charge in [-0.1, -0.05) is 66.2 Å². The van der Waals surface area contributed by atoms with Crippen LogP contribution in [-0.2, 0) is 33.6 Å². The molecular formula is C34H53NO10S. The number of rotatable bonds is 11. The monoisotopic (exact) mass is 667 g/mol. The number of ether oxygens (including phenoxy) is 2. The fourth-order valence-electron chi connectivity index (χ4n) is 9.65. The molecule has 5 N–H and O–H groups in total. The first kappa shape index (κ1) is 35.5. The molecule has 12 atom stereocenters. The number of carbonyl (C=O) groups excluding carboxylic acids is 1. The van der Waals surface area contributed by atoms with E-state index in [-0.39, 0.29) is 23.2 Å². The molecule has 4 fully saturated rings. The molecule has 0 aromatic heterocycles. The maximum Gasteiger partial charge on any atom is 0.397 e. The molecule has 3 saturated carbocycles. The van der Waals surface area contributed by atoms with Crippen molar-refractivity contribution in [1.82, 2.24) is 0 Å². The highest BCUT2D eigenvalue weighted by Crippen LogP contribution is 2.72. The number of esters is 1. The average molecular weight is 668 g/mol. The lowest BCUT2D eigenvalue weighted by Gasteiger charge is -2.55. The first-order chi connectivity index (χ1) is 21.3. The van der Waals surface area contributed by atoms with Crippen molar-refractivity contribution in [2.75, 3.05) is 0 Å². The fraction of sp³-hybridized carbons (Fsp3) is 0.824. The van der Waals surface area contributed by atoms with Crippen molar-refractivity contribution in [2.45, 2.75) is 129 Å². The molecule has 5 rings (SSSR count). The Hall–Kier alpha value is -1.83. The normalized spacial score (nSPS) is 39.7. The van der Waals surface area contributed by atoms with Crippen LogP contribution in [0, 0.1) is 46.3 Å². The molecule has 1 spiro atoms. The molecule has 5 aliphatic rings. The summed E-state index contributed by atoms with van der Waals surface area (Å²) in [4.78, 5) is 26.3. The Kier molecular flexibility index (Phi) is 9.45. The second kappa shape index (κ2) is 12.2. The topological polar surface area (TPSA) is 186 Å². The minimum atomic E-state index is -4.84. The molecule has 1 heterocycles. The summed E-state index contributed by atoms with van der Waals surface area (Å²) < 4.78 is 48.7. The van der Waals surface area contributed by atoms with Gasteiger partial charge in [0.15, 0.2) is 0 Å². The summed E-state index contributed by atoms with van der Waals surface area (Å²) in [5, 5.41) is 22.7. The minimum Gasteiger partial charge on any atom is -0.481 e. The number of hydrogen-bond donors (Lipinski definition) is 4. The molecule has 0 radical (unpaired) electrons. The van der Waals surface area contributed by atoms with Crippen LogP contribution in [0.15, 0.2) is 23.3 Å². The van der Waals surface area contributed by atoms with E-state index >= 15 is 0 Å². The second-order valence-corrected chi connectivity index (χ2v) is 16.7. The number of carbonyl (C=O) groups is 2. The number of fused-ring (bicyclic) bond motifs is 3. The summed E-state index contributed by atoms with van der Waals surface area (Å²) in [7, 11) is -4.84. The Morgan fingerprint density at radius 2 is 1.72 bits per heavy atom. The van der Waals surface area contributed by atoms with Gasteiger partial charge in [-0.25, -0.2) is 4.18 Å². The van der Waals surface area contributed by atoms with E-state index in [1.165, 1.54) is 0 Å². The van der Waals surface area contributed by atoms with Crippen LogP contribution in [0.4, 0.5) is 0 Å². The maximum atomic E-state index is 13.2. The number of hydrogen-bond acceptors (Lipinski definition) is 9. The zero-order chi connectivity index (χ0) is 34.1. The molecule has 1 unspecified atom stereocenters. The third kappa shape index (κ3) is 5.68. The quantitative estimate of drug-likeness (QED) is 0.106. The van der Waals surface area contributed by atoms with Crippen molar-refractivity contribution in [3.8, 4) is 0 Å². The van der Waals surface area contributed by atoms with Gasteiger partial charge in [0.05, 0.1) is 5.41 Å². The van der Waals surface area contributed by atoms with E-state index in [0.29, 0.717) is 50.4 Å². The highest BCUT2D eigenvalue weighted by atomic mass is 32.3. The molecule has 0 amide bonds. The average Bonchev–Trinajstić information content (AvgIpc) is 3.56. The summed E-state index contributed by atoms with van der Waals surface area (Å²) in [5.41, 5.74) is 5.68. The van der Waals surface area contributed by atoms with Gasteiger partial charge in [-0.15, -0.1) is 0 Å². The van der Waals surface area contributed by atoms with Crippen molar-refractivity contribution in [2.24, 2.45) is 52.1 Å². The van der Waals surface area contributed by atoms with Crippen LogP contribution >= 0.6 is 0 Å². The van der Waals surface area contributed by atoms with Crippen molar-refractivity contribution in [3.05, 3.63) is 23.3 Å². The minimum absolute atomic E-state index is 0.0540. The summed E-state index contributed by atoms with van der Waals surface area (Å²) in [6.07, 6.45) is 5.08. The molecule has 4 aliphatic carbocycles. The largest absolute Gasteiger partial charge is 0.481 e. The summed E-state index contributed by atoms with van der Waals surface area (Å²) in [6.45, 7) is 14.1. The van der Waals surface area contributed by atoms with Crippen LogP contribution in [0.2, 0.25) is 0 Å². The van der Waals surface area contributed by atoms with E-state index in [1.807, 2.05) is 0 Å². The lowest BCUT2D eigenvalue weighted by molar-refractivity contribution is -0.160. The summed E-state index contributed by atoms with van der Waals surface area (Å²) in [5.74, 6) is -1.29. The number of epoxide rings is 1. The van der Waals surface area contributed by atoms with Gasteiger partial charge in [0, 0.05) is 11.8 Å². The highest BCUT2D eigenvalue weighted by molar-refractivity contribution is 7.80. The number of aliphatic hydroxyl groups is 1. The number of aliphatic carboxylic acids is 1. The zero-order valence-corrected chi connectivity index (χ0v) is 29.0. The van der Waals surface area contributed by atoms with E-state index < -0.39 is 69.7 Å². The third-order valence-corrected chi connectivity index (χ3v) is 13.1. The van der Waals surface area contributed by atoms with Gasteiger partial charge in [-0.05, 0) is 79.6 Å². The van der Waals surface area contributed by atoms with E-state index in [9.17, 15) is 32.8 Å². The standard InChI is InChI=1S/C34H53NO10S/c1-17(2)19(5)8-9-20(6)22-10-11-24-25-23(13-15-33(22,24)31(38)39)32(7)14-12-21(16-34(32)29(44-34)27(25)36)43-30(37)26(35)28(18(3)4)45-46(40,41)42/h8-9,17-23,26-29,36H,10-16,35H2,1-7H3,(H,38,39)(H,40,41,42)/b9-8+/t19-,20?,21-,22+,23-,26-,27+,28-,29-,32+,33-,34-/m0/s1. The molecule has 0 aromatic rings. The van der Waals surface area contributed by atoms with Crippen LogP contribution in [0.5, 0.6) is 0 Å². The van der Waals surface area contributed by atoms with Crippen LogP contribution in [-0.4, -0.2) is 71.2 Å². The van der Waals surface area contributed by atoms with Crippen molar-refractivity contribution < 1.29 is 46.4 Å². The summed E-state index contributed by atoms with van der Waals surface area (Å²) in [6, 6.07) is -1.44. The van der Waals surface area contributed by atoms with Gasteiger partial charge < -0.3 is 25.4 Å². The molecule has 1 aliphatic heterocycles. The molecular weight excluding hydrogens is 614 g/mol. The summed E-state index contributed by atoms with van der Waals surface area (Å²) >= 11 is 0. The Labute approximate surface area is 273 Å². The van der Waals surface area contributed by atoms with E-state index in [4.69, 9.17) is 15.2 Å². The SMILES string of the molecule is CC(/C=C/[C@H](C)C(C)C)[C@H]1CCC2=C3[C@@H](O)[C@@H]4O[C@@]45C[C@@H](OC(=O)[C@@H](N)[C@@H](OS(=O)(=O)O)C(C)C)CC[C@]5(C)[C@H]3CC[C@@]21C(=O)O. The first-order valence-electron chi connectivity index (χ1n) is 16.9. The predicted octanol–water partition coefficient (Wildman–Crippen LogP) is 4.44. The van der Waals surface area contributed by atoms with Crippen LogP contribution in [0.3, 0.4) is 0 Å². The molecule has 12 heteroatoms. The maximum absolute atomic E-state index is 13.2. The molecule has 11 nitrogen and oxygen atoms in total. The second-order valence-electron chi connectivity index (χ2n) is 15.6. The van der Waals surface area contributed by atoms with Crippen LogP contribution in [0.1, 0.15) is 93.4 Å². The number of carboxylic acids is 1. The van der Waals surface area contributed by atoms with Gasteiger partial charge in [-0.2, -0.15) is 8.42 Å². The lowest BCUT2D eigenvalue weighted by atomic mass is 9.47. The third-order valence-electron chi connectivity index (χ3n) is 12.6. The Balaban J connectivity index is 1.38. The van der Waals surface area contributed by atoms with Crippen LogP contribution in [0.25, 0.3) is 0 Å². The van der Waals surface area contributed by atoms with E-state index in [2.05, 4.69) is 51.0 Å². The molecule has 260 valence electrons. The van der Waals surface area contributed by atoms with Crippen molar-refractivity contribution in [3.63, 3.8) is 0 Å². The smallest absolute Gasteiger partial charge is 0.397 e. The van der Waals surface area contributed by atoms with Gasteiger partial charge >= 0.3 is 22.3 Å². The van der Waals surface area contributed by atoms with E-state index in [0.717, 1.165) is 17.6 Å². The highest BCUT2D eigenvalue weighted by Gasteiger charge is 2.78. The Morgan fingerprint density at radius 1 is 1.04 bits per heavy atom. The molecule has 0 bridgehead atoms. The van der Waals surface area contributed by atoms with Gasteiger partial charge in [0.1, 0.15) is 36.1 Å². The molecule has 0 aromatic carbocycles. The molecule has 46 heavy (non-hydrogen) atoms. The van der Waals surface area contributed by atoms with Crippen LogP contribution < -0.4 is 5.73 Å². The van der Waals surface area contributed by atoms with Gasteiger partial charge in [-0.3, -0.25) is 14.1 Å². The Bertz CT molecular complexity index is 1390. The Morgan fingerprint density at radius 3 is 2.30 bits per heavy atom. The first-order valence-corrected chi connectivity index (χ1v) is 18.3. The predicted molar refractivity (Wildman–Crippen MR) is 170 cm³/mol. The lowest BCUT2D eigenvalue weighted by Crippen LogP contribution is -2.59. The number of carboxylic acid groups (broad SMARTS) is 1. The zero-order valence-electron chi connectivity index (χ0n) is 28.1. The number of allylic oxidation sites excluding steroid dienone is 2. The van der Waals surface area contributed by atoms with Gasteiger partial charge in [0.25, 0.3) is 0 Å². The molecule has 1 saturated heterocycles. The van der Waals surface area contributed by atoms with E-state index in [1.54, 1.807) is 13.8 Å². The fourth-order valence-corrected chi connectivity index (χ4v) is 10.3. The van der Waals surface area contributed by atoms with Crippen molar-refractivity contribution >= 4 is 22.3 Å². The van der Waals surface area contributed by atoms with Crippen molar-refractivity contribution in [1.29, 1.82) is 0 Å².